The zero-order chi connectivity index (χ0) is 16.1. The van der Waals surface area contributed by atoms with Gasteiger partial charge < -0.3 is 5.11 Å². The van der Waals surface area contributed by atoms with Crippen LogP contribution >= 0.6 is 11.3 Å². The molecule has 0 saturated carbocycles. The Morgan fingerprint density at radius 1 is 1.35 bits per heavy atom. The molecule has 2 heterocycles. The summed E-state index contributed by atoms with van der Waals surface area (Å²) in [4.78, 5) is 18.4. The van der Waals surface area contributed by atoms with Gasteiger partial charge in [0, 0.05) is 16.6 Å². The van der Waals surface area contributed by atoms with Gasteiger partial charge in [-0.15, -0.1) is 11.3 Å². The molecule has 0 bridgehead atoms. The Kier molecular flexibility index (Phi) is 3.27. The van der Waals surface area contributed by atoms with Crippen LogP contribution in [-0.4, -0.2) is 20.5 Å². The van der Waals surface area contributed by atoms with Gasteiger partial charge in [-0.2, -0.15) is 0 Å². The second-order valence-electron chi connectivity index (χ2n) is 6.27. The number of rotatable bonds is 2. The summed E-state index contributed by atoms with van der Waals surface area (Å²) >= 11 is 1.63. The minimum atomic E-state index is -0.730. The van der Waals surface area contributed by atoms with Crippen molar-refractivity contribution in [2.75, 3.05) is 0 Å². The van der Waals surface area contributed by atoms with Crippen LogP contribution in [0, 0.1) is 13.8 Å². The number of nitrogens with zero attached hydrogens (tertiary/aromatic N) is 2. The van der Waals surface area contributed by atoms with E-state index in [1.807, 2.05) is 10.6 Å². The molecular weight excluding hydrogens is 308 g/mol. The van der Waals surface area contributed by atoms with Crippen LogP contribution in [0.4, 0.5) is 0 Å². The Labute approximate surface area is 138 Å². The van der Waals surface area contributed by atoms with Gasteiger partial charge in [0.25, 0.3) is 0 Å². The van der Waals surface area contributed by atoms with E-state index in [9.17, 15) is 9.90 Å². The predicted molar refractivity (Wildman–Crippen MR) is 91.3 cm³/mol. The van der Waals surface area contributed by atoms with E-state index in [4.69, 9.17) is 4.98 Å². The van der Waals surface area contributed by atoms with Crippen LogP contribution in [0.1, 0.15) is 40.5 Å². The third-order valence-electron chi connectivity index (χ3n) is 4.76. The smallest absolute Gasteiger partial charge is 0.312 e. The SMILES string of the molecule is Cc1ccc(-c2cn3c4c(sc3n2)CCCC4C(=O)O)cc1C. The molecule has 1 N–H and O–H groups in total. The van der Waals surface area contributed by atoms with Crippen LogP contribution in [0.3, 0.4) is 0 Å². The van der Waals surface area contributed by atoms with Gasteiger partial charge in [0.05, 0.1) is 17.3 Å². The first-order chi connectivity index (χ1) is 11.0. The zero-order valence-electron chi connectivity index (χ0n) is 13.2. The molecular formula is C18H18N2O2S. The van der Waals surface area contributed by atoms with E-state index < -0.39 is 11.9 Å². The number of carbonyl (C=O) groups is 1. The Bertz CT molecular complexity index is 923. The maximum atomic E-state index is 11.6. The first-order valence-electron chi connectivity index (χ1n) is 7.85. The molecule has 1 aliphatic rings. The number of aromatic nitrogens is 2. The molecule has 118 valence electrons. The summed E-state index contributed by atoms with van der Waals surface area (Å²) in [5.41, 5.74) is 5.44. The fraction of sp³-hybridized carbons (Fsp3) is 0.333. The predicted octanol–water partition coefficient (Wildman–Crippen LogP) is 4.18. The minimum absolute atomic E-state index is 0.408. The Morgan fingerprint density at radius 3 is 2.91 bits per heavy atom. The molecule has 0 amide bonds. The number of imidazole rings is 1. The van der Waals surface area contributed by atoms with Crippen molar-refractivity contribution in [3.8, 4) is 11.3 Å². The van der Waals surface area contributed by atoms with Gasteiger partial charge in [0.1, 0.15) is 0 Å². The average molecular weight is 326 g/mol. The molecule has 3 aromatic rings. The van der Waals surface area contributed by atoms with Crippen LogP contribution in [0.25, 0.3) is 16.2 Å². The number of benzene rings is 1. The quantitative estimate of drug-likeness (QED) is 0.768. The van der Waals surface area contributed by atoms with Gasteiger partial charge in [0.15, 0.2) is 4.96 Å². The number of hydrogen-bond donors (Lipinski definition) is 1. The Hall–Kier alpha value is -2.14. The molecule has 0 aliphatic heterocycles. The summed E-state index contributed by atoms with van der Waals surface area (Å²) in [6, 6.07) is 6.33. The molecule has 1 aliphatic carbocycles. The summed E-state index contributed by atoms with van der Waals surface area (Å²) in [5, 5.41) is 9.52. The standard InChI is InChI=1S/C18H18N2O2S/c1-10-6-7-12(8-11(10)2)14-9-20-16-13(17(21)22)4-3-5-15(16)23-18(20)19-14/h6-9,13H,3-5H2,1-2H3,(H,21,22). The van der Waals surface area contributed by atoms with Crippen molar-refractivity contribution in [3.05, 3.63) is 46.1 Å². The third kappa shape index (κ3) is 2.27. The lowest BCUT2D eigenvalue weighted by molar-refractivity contribution is -0.139. The molecule has 23 heavy (non-hydrogen) atoms. The van der Waals surface area contributed by atoms with Crippen molar-refractivity contribution in [2.24, 2.45) is 0 Å². The minimum Gasteiger partial charge on any atom is -0.481 e. The van der Waals surface area contributed by atoms with E-state index in [0.717, 1.165) is 34.8 Å². The summed E-state index contributed by atoms with van der Waals surface area (Å²) in [7, 11) is 0. The maximum Gasteiger partial charge on any atom is 0.312 e. The van der Waals surface area contributed by atoms with Crippen molar-refractivity contribution in [1.29, 1.82) is 0 Å². The lowest BCUT2D eigenvalue weighted by atomic mass is 9.91. The average Bonchev–Trinajstić information content (AvgIpc) is 3.07. The fourth-order valence-electron chi connectivity index (χ4n) is 3.33. The fourth-order valence-corrected chi connectivity index (χ4v) is 4.54. The molecule has 1 unspecified atom stereocenters. The van der Waals surface area contributed by atoms with Crippen molar-refractivity contribution >= 4 is 22.3 Å². The van der Waals surface area contributed by atoms with E-state index >= 15 is 0 Å². The normalized spacial score (nSPS) is 17.4. The van der Waals surface area contributed by atoms with Gasteiger partial charge in [-0.05, 0) is 50.3 Å². The van der Waals surface area contributed by atoms with Crippen LogP contribution in [-0.2, 0) is 11.2 Å². The van der Waals surface area contributed by atoms with Crippen molar-refractivity contribution in [3.63, 3.8) is 0 Å². The number of carboxylic acid groups (broad SMARTS) is 1. The van der Waals surface area contributed by atoms with E-state index in [1.165, 1.54) is 16.0 Å². The van der Waals surface area contributed by atoms with E-state index in [1.54, 1.807) is 11.3 Å². The second kappa shape index (κ2) is 5.20. The first-order valence-corrected chi connectivity index (χ1v) is 8.67. The number of carboxylic acids is 1. The van der Waals surface area contributed by atoms with E-state index in [0.29, 0.717) is 6.42 Å². The zero-order valence-corrected chi connectivity index (χ0v) is 14.0. The maximum absolute atomic E-state index is 11.6. The third-order valence-corrected chi connectivity index (χ3v) is 5.89. The van der Waals surface area contributed by atoms with Crippen molar-refractivity contribution in [2.45, 2.75) is 39.0 Å². The Morgan fingerprint density at radius 2 is 2.17 bits per heavy atom. The summed E-state index contributed by atoms with van der Waals surface area (Å²) in [5.74, 6) is -1.14. The van der Waals surface area contributed by atoms with E-state index in [2.05, 4.69) is 32.0 Å². The lowest BCUT2D eigenvalue weighted by Crippen LogP contribution is -2.18. The molecule has 0 fully saturated rings. The molecule has 1 atom stereocenters. The van der Waals surface area contributed by atoms with Gasteiger partial charge >= 0.3 is 5.97 Å². The monoisotopic (exact) mass is 326 g/mol. The largest absolute Gasteiger partial charge is 0.481 e. The highest BCUT2D eigenvalue weighted by Gasteiger charge is 2.31. The number of aryl methyl sites for hydroxylation is 3. The highest BCUT2D eigenvalue weighted by Crippen LogP contribution is 2.38. The van der Waals surface area contributed by atoms with Crippen LogP contribution in [0.2, 0.25) is 0 Å². The van der Waals surface area contributed by atoms with Gasteiger partial charge in [-0.3, -0.25) is 9.20 Å². The topological polar surface area (TPSA) is 54.6 Å². The summed E-state index contributed by atoms with van der Waals surface area (Å²) < 4.78 is 2.00. The number of aliphatic carboxylic acids is 1. The molecule has 4 nitrogen and oxygen atoms in total. The van der Waals surface area contributed by atoms with Crippen molar-refractivity contribution in [1.82, 2.24) is 9.38 Å². The van der Waals surface area contributed by atoms with Crippen LogP contribution < -0.4 is 0 Å². The Balaban J connectivity index is 1.86. The van der Waals surface area contributed by atoms with Gasteiger partial charge in [-0.1, -0.05) is 12.1 Å². The molecule has 4 rings (SSSR count). The van der Waals surface area contributed by atoms with Crippen LogP contribution in [0.15, 0.2) is 24.4 Å². The van der Waals surface area contributed by atoms with Crippen molar-refractivity contribution < 1.29 is 9.90 Å². The van der Waals surface area contributed by atoms with Gasteiger partial charge in [0.2, 0.25) is 0 Å². The molecule has 0 spiro atoms. The molecule has 2 aromatic heterocycles. The summed E-state index contributed by atoms with van der Waals surface area (Å²) in [6.07, 6.45) is 4.62. The molecule has 5 heteroatoms. The van der Waals surface area contributed by atoms with Gasteiger partial charge in [-0.25, -0.2) is 4.98 Å². The highest BCUT2D eigenvalue weighted by atomic mass is 32.1. The number of hydrogen-bond acceptors (Lipinski definition) is 3. The molecule has 0 saturated heterocycles. The summed E-state index contributed by atoms with van der Waals surface area (Å²) in [6.45, 7) is 4.19. The molecule has 0 radical (unpaired) electrons. The molecule has 1 aromatic carbocycles. The van der Waals surface area contributed by atoms with Crippen LogP contribution in [0.5, 0.6) is 0 Å². The highest BCUT2D eigenvalue weighted by molar-refractivity contribution is 7.17. The lowest BCUT2D eigenvalue weighted by Gasteiger charge is -2.18. The van der Waals surface area contributed by atoms with E-state index in [-0.39, 0.29) is 0 Å². The first kappa shape index (κ1) is 14.5. The number of fused-ring (bicyclic) bond motifs is 3. The second-order valence-corrected chi connectivity index (χ2v) is 7.33. The number of thiazole rings is 1.